The van der Waals surface area contributed by atoms with Crippen molar-refractivity contribution in [1.29, 1.82) is 0 Å². The smallest absolute Gasteiger partial charge is 0.248 e. The summed E-state index contributed by atoms with van der Waals surface area (Å²) >= 11 is 0. The lowest BCUT2D eigenvalue weighted by molar-refractivity contribution is -0.138. The van der Waals surface area contributed by atoms with Gasteiger partial charge in [-0.25, -0.2) is 0 Å². The van der Waals surface area contributed by atoms with E-state index in [9.17, 15) is 4.79 Å². The Labute approximate surface area is 145 Å². The molecule has 4 heteroatoms. The van der Waals surface area contributed by atoms with Crippen molar-refractivity contribution in [2.24, 2.45) is 5.92 Å². The van der Waals surface area contributed by atoms with Gasteiger partial charge in [-0.2, -0.15) is 0 Å². The molecule has 2 aliphatic rings. The average molecular weight is 330 g/mol. The van der Waals surface area contributed by atoms with Gasteiger partial charge >= 0.3 is 0 Å². The van der Waals surface area contributed by atoms with Gasteiger partial charge in [0, 0.05) is 32.2 Å². The second-order valence-corrected chi connectivity index (χ2v) is 7.45. The third-order valence-electron chi connectivity index (χ3n) is 5.43. The molecule has 0 bridgehead atoms. The molecule has 24 heavy (non-hydrogen) atoms. The first kappa shape index (κ1) is 17.4. The highest BCUT2D eigenvalue weighted by Gasteiger charge is 2.30. The van der Waals surface area contributed by atoms with Crippen LogP contribution in [0.1, 0.15) is 38.2 Å². The molecule has 2 atom stereocenters. The van der Waals surface area contributed by atoms with E-state index < -0.39 is 0 Å². The van der Waals surface area contributed by atoms with Gasteiger partial charge in [-0.15, -0.1) is 0 Å². The minimum absolute atomic E-state index is 0.129. The van der Waals surface area contributed by atoms with Crippen molar-refractivity contribution in [3.63, 3.8) is 0 Å². The van der Waals surface area contributed by atoms with Crippen LogP contribution in [0.25, 0.3) is 0 Å². The molecule has 1 aliphatic carbocycles. The van der Waals surface area contributed by atoms with Gasteiger partial charge in [-0.1, -0.05) is 30.3 Å². The molecule has 1 saturated carbocycles. The van der Waals surface area contributed by atoms with Gasteiger partial charge in [0.1, 0.15) is 6.61 Å². The average Bonchev–Trinajstić information content (AvgIpc) is 3.41. The molecule has 132 valence electrons. The van der Waals surface area contributed by atoms with Crippen molar-refractivity contribution < 1.29 is 9.53 Å². The zero-order valence-electron chi connectivity index (χ0n) is 15.0. The third-order valence-corrected chi connectivity index (χ3v) is 5.43. The first-order chi connectivity index (χ1) is 11.6. The number of nitrogens with zero attached hydrogens (tertiary/aromatic N) is 2. The minimum atomic E-state index is 0.129. The molecule has 1 aromatic rings. The zero-order valence-corrected chi connectivity index (χ0v) is 15.0. The number of likely N-dealkylation sites (tertiary alicyclic amines) is 1. The van der Waals surface area contributed by atoms with Crippen LogP contribution >= 0.6 is 0 Å². The summed E-state index contributed by atoms with van der Waals surface area (Å²) in [5, 5.41) is 0. The lowest BCUT2D eigenvalue weighted by Gasteiger charge is -2.41. The molecular formula is C20H30N2O2. The number of carbonyl (C=O) groups excluding carboxylic acids is 1. The number of ether oxygens (including phenoxy) is 1. The summed E-state index contributed by atoms with van der Waals surface area (Å²) in [5.41, 5.74) is 1.36. The molecule has 1 heterocycles. The van der Waals surface area contributed by atoms with Crippen molar-refractivity contribution in [1.82, 2.24) is 9.80 Å². The summed E-state index contributed by atoms with van der Waals surface area (Å²) in [7, 11) is 1.94. The van der Waals surface area contributed by atoms with E-state index >= 15 is 0 Å². The Bertz CT molecular complexity index is 530. The number of likely N-dealkylation sites (N-methyl/N-ethyl adjacent to an activating group) is 1. The van der Waals surface area contributed by atoms with Crippen LogP contribution in [0.5, 0.6) is 0 Å². The van der Waals surface area contributed by atoms with Gasteiger partial charge in [0.15, 0.2) is 0 Å². The van der Waals surface area contributed by atoms with Crippen molar-refractivity contribution >= 4 is 5.91 Å². The van der Waals surface area contributed by atoms with Crippen LogP contribution in [-0.2, 0) is 16.1 Å². The van der Waals surface area contributed by atoms with Gasteiger partial charge < -0.3 is 9.64 Å². The molecule has 0 unspecified atom stereocenters. The molecule has 1 aromatic carbocycles. The zero-order chi connectivity index (χ0) is 16.9. The van der Waals surface area contributed by atoms with Gasteiger partial charge in [-0.05, 0) is 44.1 Å². The van der Waals surface area contributed by atoms with Gasteiger partial charge in [0.25, 0.3) is 0 Å². The lowest BCUT2D eigenvalue weighted by Crippen LogP contribution is -2.49. The van der Waals surface area contributed by atoms with Crippen molar-refractivity contribution in [2.75, 3.05) is 26.8 Å². The molecule has 1 saturated heterocycles. The van der Waals surface area contributed by atoms with Crippen LogP contribution in [0.2, 0.25) is 0 Å². The van der Waals surface area contributed by atoms with Crippen LogP contribution in [-0.4, -0.2) is 54.6 Å². The maximum Gasteiger partial charge on any atom is 0.248 e. The maximum absolute atomic E-state index is 12.3. The first-order valence-electron chi connectivity index (χ1n) is 9.25. The van der Waals surface area contributed by atoms with Crippen molar-refractivity contribution in [2.45, 2.75) is 51.2 Å². The van der Waals surface area contributed by atoms with E-state index in [2.05, 4.69) is 42.2 Å². The Kier molecular flexibility index (Phi) is 5.90. The normalized spacial score (nSPS) is 24.8. The highest BCUT2D eigenvalue weighted by molar-refractivity contribution is 5.77. The monoisotopic (exact) mass is 330 g/mol. The molecule has 0 N–H and O–H groups in total. The largest absolute Gasteiger partial charge is 0.371 e. The summed E-state index contributed by atoms with van der Waals surface area (Å²) in [5.74, 6) is 0.841. The number of carbonyl (C=O) groups is 1. The van der Waals surface area contributed by atoms with Gasteiger partial charge in [0.2, 0.25) is 5.91 Å². The van der Waals surface area contributed by atoms with E-state index in [4.69, 9.17) is 4.74 Å². The molecule has 1 amide bonds. The summed E-state index contributed by atoms with van der Waals surface area (Å²) in [6.07, 6.45) is 4.61. The topological polar surface area (TPSA) is 32.8 Å². The summed E-state index contributed by atoms with van der Waals surface area (Å²) < 4.78 is 5.56. The predicted molar refractivity (Wildman–Crippen MR) is 95.6 cm³/mol. The number of benzene rings is 1. The fourth-order valence-corrected chi connectivity index (χ4v) is 3.50. The van der Waals surface area contributed by atoms with Crippen molar-refractivity contribution in [3.05, 3.63) is 35.9 Å². The van der Waals surface area contributed by atoms with E-state index in [1.54, 1.807) is 0 Å². The predicted octanol–water partition coefficient (Wildman–Crippen LogP) is 2.92. The fourth-order valence-electron chi connectivity index (χ4n) is 3.50. The van der Waals surface area contributed by atoms with Crippen LogP contribution in [0, 0.1) is 5.92 Å². The second-order valence-electron chi connectivity index (χ2n) is 7.45. The SMILES string of the molecule is C[C@@H]1C[C@H](N(C)C(=O)COCC2CC2)CCN1Cc1ccccc1. The number of rotatable bonds is 7. The highest BCUT2D eigenvalue weighted by atomic mass is 16.5. The lowest BCUT2D eigenvalue weighted by atomic mass is 9.96. The maximum atomic E-state index is 12.3. The van der Waals surface area contributed by atoms with Crippen LogP contribution < -0.4 is 0 Å². The van der Waals surface area contributed by atoms with E-state index in [-0.39, 0.29) is 12.5 Å². The number of hydrogen-bond acceptors (Lipinski definition) is 3. The van der Waals surface area contributed by atoms with Gasteiger partial charge in [-0.3, -0.25) is 9.69 Å². The van der Waals surface area contributed by atoms with E-state index in [0.29, 0.717) is 18.0 Å². The Balaban J connectivity index is 1.44. The molecule has 0 aromatic heterocycles. The molecule has 4 nitrogen and oxygen atoms in total. The number of amides is 1. The van der Waals surface area contributed by atoms with E-state index in [0.717, 1.165) is 32.5 Å². The van der Waals surface area contributed by atoms with Crippen LogP contribution in [0.4, 0.5) is 0 Å². The van der Waals surface area contributed by atoms with Crippen molar-refractivity contribution in [3.8, 4) is 0 Å². The molecule has 0 spiro atoms. The Morgan fingerprint density at radius 3 is 2.67 bits per heavy atom. The number of hydrogen-bond donors (Lipinski definition) is 0. The minimum Gasteiger partial charge on any atom is -0.371 e. The van der Waals surface area contributed by atoms with Crippen LogP contribution in [0.3, 0.4) is 0 Å². The molecule has 3 rings (SSSR count). The molecular weight excluding hydrogens is 300 g/mol. The first-order valence-corrected chi connectivity index (χ1v) is 9.25. The Morgan fingerprint density at radius 1 is 1.25 bits per heavy atom. The molecule has 1 aliphatic heterocycles. The Morgan fingerprint density at radius 2 is 2.00 bits per heavy atom. The fraction of sp³-hybridized carbons (Fsp3) is 0.650. The summed E-state index contributed by atoms with van der Waals surface area (Å²) in [6.45, 7) is 5.31. The highest BCUT2D eigenvalue weighted by Crippen LogP contribution is 2.29. The van der Waals surface area contributed by atoms with Gasteiger partial charge in [0.05, 0.1) is 6.61 Å². The van der Waals surface area contributed by atoms with E-state index in [1.807, 2.05) is 11.9 Å². The number of piperidine rings is 1. The third kappa shape index (κ3) is 4.81. The standard InChI is InChI=1S/C20H30N2O2/c1-16-12-19(21(2)20(23)15-24-14-18-8-9-18)10-11-22(16)13-17-6-4-3-5-7-17/h3-7,16,18-19H,8-15H2,1-2H3/t16-,19-/m1/s1. The quantitative estimate of drug-likeness (QED) is 0.771. The Hall–Kier alpha value is -1.39. The summed E-state index contributed by atoms with van der Waals surface area (Å²) in [6, 6.07) is 11.5. The van der Waals surface area contributed by atoms with Crippen LogP contribution in [0.15, 0.2) is 30.3 Å². The molecule has 2 fully saturated rings. The second kappa shape index (κ2) is 8.13. The molecule has 0 radical (unpaired) electrons. The van der Waals surface area contributed by atoms with E-state index in [1.165, 1.54) is 18.4 Å². The summed E-state index contributed by atoms with van der Waals surface area (Å²) in [4.78, 5) is 16.8.